The summed E-state index contributed by atoms with van der Waals surface area (Å²) < 4.78 is 31.2. The van der Waals surface area contributed by atoms with Crippen molar-refractivity contribution >= 4 is 21.6 Å². The summed E-state index contributed by atoms with van der Waals surface area (Å²) in [5, 5.41) is -0.178. The van der Waals surface area contributed by atoms with E-state index in [4.69, 9.17) is 4.74 Å². The van der Waals surface area contributed by atoms with E-state index in [1.807, 2.05) is 48.5 Å². The SMILES string of the molecule is O=S1(=O)CC(Sc2ccccc2)c2c(OCc3cccnc3)cccc21. The van der Waals surface area contributed by atoms with E-state index in [-0.39, 0.29) is 11.0 Å². The molecule has 0 aliphatic carbocycles. The van der Waals surface area contributed by atoms with Crippen LogP contribution in [-0.4, -0.2) is 19.2 Å². The molecule has 1 unspecified atom stereocenters. The summed E-state index contributed by atoms with van der Waals surface area (Å²) in [6.07, 6.45) is 3.46. The Labute approximate surface area is 157 Å². The number of hydrogen-bond donors (Lipinski definition) is 0. The van der Waals surface area contributed by atoms with Gasteiger partial charge < -0.3 is 4.74 Å². The van der Waals surface area contributed by atoms with E-state index in [9.17, 15) is 8.42 Å². The molecule has 0 spiro atoms. The van der Waals surface area contributed by atoms with E-state index in [1.54, 1.807) is 36.3 Å². The molecule has 0 N–H and O–H groups in total. The molecule has 0 fully saturated rings. The molecular weight excluding hydrogens is 366 g/mol. The molecule has 1 aliphatic heterocycles. The van der Waals surface area contributed by atoms with Crippen molar-refractivity contribution < 1.29 is 13.2 Å². The van der Waals surface area contributed by atoms with Crippen molar-refractivity contribution in [3.63, 3.8) is 0 Å². The quantitative estimate of drug-likeness (QED) is 0.658. The predicted octanol–water partition coefficient (Wildman–Crippen LogP) is 4.28. The number of rotatable bonds is 5. The maximum atomic E-state index is 12.6. The van der Waals surface area contributed by atoms with Gasteiger partial charge in [-0.05, 0) is 30.3 Å². The van der Waals surface area contributed by atoms with Gasteiger partial charge in [-0.25, -0.2) is 8.42 Å². The highest BCUT2D eigenvalue weighted by molar-refractivity contribution is 8.01. The van der Waals surface area contributed by atoms with Gasteiger partial charge in [0.2, 0.25) is 0 Å². The molecule has 2 aromatic carbocycles. The fourth-order valence-corrected chi connectivity index (χ4v) is 6.51. The Kier molecular flexibility index (Phi) is 4.70. The van der Waals surface area contributed by atoms with Gasteiger partial charge in [0.1, 0.15) is 12.4 Å². The second-order valence-corrected chi connectivity index (χ2v) is 9.30. The van der Waals surface area contributed by atoms with Gasteiger partial charge in [-0.2, -0.15) is 0 Å². The lowest BCUT2D eigenvalue weighted by atomic mass is 10.1. The average Bonchev–Trinajstić information content (AvgIpc) is 2.92. The average molecular weight is 383 g/mol. The summed E-state index contributed by atoms with van der Waals surface area (Å²) in [5.74, 6) is 0.718. The number of benzene rings is 2. The molecule has 1 aliphatic rings. The molecule has 3 aromatic rings. The molecule has 1 atom stereocenters. The third-order valence-electron chi connectivity index (χ3n) is 4.19. The standard InChI is InChI=1S/C20H17NO3S2/c22-26(23)14-18(25-16-7-2-1-3-8-16)20-17(9-4-10-19(20)26)24-13-15-6-5-11-21-12-15/h1-12,18H,13-14H2. The monoisotopic (exact) mass is 383 g/mol. The number of sulfone groups is 1. The van der Waals surface area contributed by atoms with Crippen LogP contribution in [0.1, 0.15) is 16.4 Å². The number of ether oxygens (including phenoxy) is 1. The molecule has 0 saturated carbocycles. The molecule has 0 saturated heterocycles. The molecule has 132 valence electrons. The minimum absolute atomic E-state index is 0.0924. The molecule has 6 heteroatoms. The summed E-state index contributed by atoms with van der Waals surface area (Å²) in [6, 6.07) is 18.9. The first kappa shape index (κ1) is 17.1. The van der Waals surface area contributed by atoms with Crippen LogP contribution in [0, 0.1) is 0 Å². The molecule has 1 aromatic heterocycles. The first-order chi connectivity index (χ1) is 12.6. The molecule has 4 rings (SSSR count). The van der Waals surface area contributed by atoms with Gasteiger partial charge in [-0.15, -0.1) is 11.8 Å². The molecule has 0 amide bonds. The largest absolute Gasteiger partial charge is 0.488 e. The first-order valence-electron chi connectivity index (χ1n) is 8.22. The smallest absolute Gasteiger partial charge is 0.180 e. The summed E-state index contributed by atoms with van der Waals surface area (Å²) in [5.41, 5.74) is 1.71. The van der Waals surface area contributed by atoms with E-state index < -0.39 is 9.84 Å². The van der Waals surface area contributed by atoms with Crippen molar-refractivity contribution in [3.8, 4) is 5.75 Å². The lowest BCUT2D eigenvalue weighted by Crippen LogP contribution is -2.01. The summed E-state index contributed by atoms with van der Waals surface area (Å²) >= 11 is 1.56. The van der Waals surface area contributed by atoms with Crippen molar-refractivity contribution in [2.24, 2.45) is 0 Å². The normalized spacial score (nSPS) is 17.6. The van der Waals surface area contributed by atoms with Crippen LogP contribution in [0.5, 0.6) is 5.75 Å². The van der Waals surface area contributed by atoms with E-state index in [1.165, 1.54) is 0 Å². The van der Waals surface area contributed by atoms with E-state index in [0.717, 1.165) is 16.0 Å². The van der Waals surface area contributed by atoms with Crippen LogP contribution in [0.4, 0.5) is 0 Å². The first-order valence-corrected chi connectivity index (χ1v) is 10.8. The van der Waals surface area contributed by atoms with Crippen LogP contribution in [0.25, 0.3) is 0 Å². The fraction of sp³-hybridized carbons (Fsp3) is 0.150. The van der Waals surface area contributed by atoms with Crippen LogP contribution in [0.3, 0.4) is 0 Å². The lowest BCUT2D eigenvalue weighted by molar-refractivity contribution is 0.302. The van der Waals surface area contributed by atoms with Gasteiger partial charge in [0.05, 0.1) is 15.9 Å². The second-order valence-electron chi connectivity index (χ2n) is 6.02. The van der Waals surface area contributed by atoms with Crippen molar-refractivity contribution in [1.29, 1.82) is 0 Å². The van der Waals surface area contributed by atoms with Crippen molar-refractivity contribution in [2.45, 2.75) is 21.6 Å². The number of aromatic nitrogens is 1. The van der Waals surface area contributed by atoms with Gasteiger partial charge >= 0.3 is 0 Å². The van der Waals surface area contributed by atoms with Gasteiger partial charge in [0, 0.05) is 28.4 Å². The number of thioether (sulfide) groups is 1. The van der Waals surface area contributed by atoms with Crippen LogP contribution >= 0.6 is 11.8 Å². The highest BCUT2D eigenvalue weighted by Gasteiger charge is 2.37. The van der Waals surface area contributed by atoms with Crippen molar-refractivity contribution in [2.75, 3.05) is 5.75 Å². The Balaban J connectivity index is 1.66. The van der Waals surface area contributed by atoms with Crippen LogP contribution in [0.15, 0.2) is 82.8 Å². The number of fused-ring (bicyclic) bond motifs is 1. The van der Waals surface area contributed by atoms with E-state index >= 15 is 0 Å². The number of nitrogens with zero attached hydrogens (tertiary/aromatic N) is 1. The molecular formula is C20H17NO3S2. The maximum absolute atomic E-state index is 12.6. The van der Waals surface area contributed by atoms with Gasteiger partial charge in [-0.3, -0.25) is 4.98 Å². The summed E-state index contributed by atoms with van der Waals surface area (Å²) in [6.45, 7) is 0.354. The molecule has 0 radical (unpaired) electrons. The van der Waals surface area contributed by atoms with Crippen molar-refractivity contribution in [3.05, 3.63) is 84.2 Å². The molecule has 2 heterocycles. The zero-order chi connectivity index (χ0) is 18.0. The van der Waals surface area contributed by atoms with E-state index in [0.29, 0.717) is 17.3 Å². The molecule has 0 bridgehead atoms. The summed E-state index contributed by atoms with van der Waals surface area (Å²) in [7, 11) is -3.29. The number of pyridine rings is 1. The third kappa shape index (κ3) is 3.48. The van der Waals surface area contributed by atoms with Crippen molar-refractivity contribution in [1.82, 2.24) is 4.98 Å². The predicted molar refractivity (Wildman–Crippen MR) is 102 cm³/mol. The third-order valence-corrected chi connectivity index (χ3v) is 7.43. The second kappa shape index (κ2) is 7.13. The van der Waals surface area contributed by atoms with E-state index in [2.05, 4.69) is 4.98 Å². The Bertz CT molecular complexity index is 1010. The highest BCUT2D eigenvalue weighted by atomic mass is 32.2. The zero-order valence-corrected chi connectivity index (χ0v) is 15.5. The summed E-state index contributed by atoms with van der Waals surface area (Å²) in [4.78, 5) is 5.51. The van der Waals surface area contributed by atoms with Gasteiger partial charge in [0.15, 0.2) is 9.84 Å². The molecule has 4 nitrogen and oxygen atoms in total. The van der Waals surface area contributed by atoms with Crippen LogP contribution in [-0.2, 0) is 16.4 Å². The number of hydrogen-bond acceptors (Lipinski definition) is 5. The Morgan fingerprint density at radius 3 is 2.65 bits per heavy atom. The minimum Gasteiger partial charge on any atom is -0.488 e. The van der Waals surface area contributed by atoms with Gasteiger partial charge in [0.25, 0.3) is 0 Å². The van der Waals surface area contributed by atoms with Gasteiger partial charge in [-0.1, -0.05) is 30.3 Å². The van der Waals surface area contributed by atoms with Crippen LogP contribution < -0.4 is 4.74 Å². The topological polar surface area (TPSA) is 56.3 Å². The fourth-order valence-electron chi connectivity index (χ4n) is 3.01. The maximum Gasteiger partial charge on any atom is 0.180 e. The Morgan fingerprint density at radius 1 is 1.04 bits per heavy atom. The highest BCUT2D eigenvalue weighted by Crippen LogP contribution is 2.48. The molecule has 26 heavy (non-hydrogen) atoms. The lowest BCUT2D eigenvalue weighted by Gasteiger charge is -2.15. The van der Waals surface area contributed by atoms with Crippen LogP contribution in [0.2, 0.25) is 0 Å². The Morgan fingerprint density at radius 2 is 1.88 bits per heavy atom. The zero-order valence-electron chi connectivity index (χ0n) is 13.9. The Hall–Kier alpha value is -2.31. The minimum atomic E-state index is -3.29.